The van der Waals surface area contributed by atoms with E-state index in [0.717, 1.165) is 32.0 Å². The molecule has 3 nitrogen and oxygen atoms in total. The highest BCUT2D eigenvalue weighted by Gasteiger charge is 2.38. The second-order valence-corrected chi connectivity index (χ2v) is 4.83. The lowest BCUT2D eigenvalue weighted by Crippen LogP contribution is -2.52. The molecule has 1 aromatic rings. The summed E-state index contributed by atoms with van der Waals surface area (Å²) < 4.78 is 38.0. The van der Waals surface area contributed by atoms with Crippen molar-refractivity contribution in [2.45, 2.75) is 31.1 Å². The van der Waals surface area contributed by atoms with Crippen LogP contribution < -0.4 is 10.2 Å². The molecule has 0 unspecified atom stereocenters. The maximum atomic E-state index is 12.7. The lowest BCUT2D eigenvalue weighted by Gasteiger charge is -2.36. The number of fused-ring (bicyclic) bond motifs is 2. The van der Waals surface area contributed by atoms with Gasteiger partial charge in [0.1, 0.15) is 11.5 Å². The Kier molecular flexibility index (Phi) is 2.69. The zero-order valence-corrected chi connectivity index (χ0v) is 9.74. The number of hydrogen-bond donors (Lipinski definition) is 1. The molecule has 18 heavy (non-hydrogen) atoms. The standard InChI is InChI=1S/C12H14F3N3/c13-12(14,15)10-2-1-3-11(17-10)18-8-4-5-9(18)7-16-6-8/h1-3,8-9,16H,4-7H2/t8-,9+. The van der Waals surface area contributed by atoms with E-state index in [9.17, 15) is 13.2 Å². The van der Waals surface area contributed by atoms with Crippen molar-refractivity contribution in [2.24, 2.45) is 0 Å². The van der Waals surface area contributed by atoms with Crippen LogP contribution in [0.2, 0.25) is 0 Å². The van der Waals surface area contributed by atoms with Crippen LogP contribution in [0.4, 0.5) is 19.0 Å². The molecular formula is C12H14F3N3. The van der Waals surface area contributed by atoms with Gasteiger partial charge in [-0.3, -0.25) is 0 Å². The third-order valence-corrected chi connectivity index (χ3v) is 3.67. The molecule has 0 saturated carbocycles. The molecule has 2 saturated heterocycles. The summed E-state index contributed by atoms with van der Waals surface area (Å²) in [6, 6.07) is 4.69. The number of nitrogens with one attached hydrogen (secondary N) is 1. The van der Waals surface area contributed by atoms with Crippen molar-refractivity contribution in [2.75, 3.05) is 18.0 Å². The number of hydrogen-bond acceptors (Lipinski definition) is 3. The van der Waals surface area contributed by atoms with Gasteiger partial charge in [-0.25, -0.2) is 4.98 Å². The van der Waals surface area contributed by atoms with Crippen LogP contribution in [0.3, 0.4) is 0 Å². The van der Waals surface area contributed by atoms with Gasteiger partial charge in [0.2, 0.25) is 0 Å². The van der Waals surface area contributed by atoms with Crippen molar-refractivity contribution in [3.05, 3.63) is 23.9 Å². The Morgan fingerprint density at radius 1 is 1.17 bits per heavy atom. The molecule has 6 heteroatoms. The van der Waals surface area contributed by atoms with E-state index in [0.29, 0.717) is 5.82 Å². The zero-order chi connectivity index (χ0) is 12.8. The van der Waals surface area contributed by atoms with Crippen LogP contribution >= 0.6 is 0 Å². The molecule has 2 fully saturated rings. The average molecular weight is 257 g/mol. The number of halogens is 3. The van der Waals surface area contributed by atoms with Gasteiger partial charge in [0, 0.05) is 25.2 Å². The van der Waals surface area contributed by atoms with Gasteiger partial charge in [-0.15, -0.1) is 0 Å². The van der Waals surface area contributed by atoms with Gasteiger partial charge in [0.15, 0.2) is 0 Å². The Hall–Kier alpha value is -1.30. The molecule has 3 heterocycles. The Labute approximate surface area is 103 Å². The van der Waals surface area contributed by atoms with Gasteiger partial charge in [-0.05, 0) is 25.0 Å². The van der Waals surface area contributed by atoms with Crippen LogP contribution in [0.15, 0.2) is 18.2 Å². The Morgan fingerprint density at radius 2 is 1.83 bits per heavy atom. The molecule has 0 spiro atoms. The third kappa shape index (κ3) is 1.94. The highest BCUT2D eigenvalue weighted by molar-refractivity contribution is 5.45. The van der Waals surface area contributed by atoms with Crippen molar-refractivity contribution in [3.63, 3.8) is 0 Å². The fourth-order valence-electron chi connectivity index (χ4n) is 2.88. The summed E-state index contributed by atoms with van der Waals surface area (Å²) in [4.78, 5) is 5.83. The summed E-state index contributed by atoms with van der Waals surface area (Å²) in [5, 5.41) is 3.30. The minimum absolute atomic E-state index is 0.278. The van der Waals surface area contributed by atoms with Crippen molar-refractivity contribution in [1.82, 2.24) is 10.3 Å². The molecular weight excluding hydrogens is 243 g/mol. The topological polar surface area (TPSA) is 28.2 Å². The molecule has 3 rings (SSSR count). The lowest BCUT2D eigenvalue weighted by atomic mass is 10.2. The summed E-state index contributed by atoms with van der Waals surface area (Å²) in [7, 11) is 0. The third-order valence-electron chi connectivity index (χ3n) is 3.67. The van der Waals surface area contributed by atoms with Crippen LogP contribution in [0.5, 0.6) is 0 Å². The minimum atomic E-state index is -4.37. The summed E-state index contributed by atoms with van der Waals surface area (Å²) in [6.07, 6.45) is -2.33. The Balaban J connectivity index is 1.93. The van der Waals surface area contributed by atoms with Crippen LogP contribution in [-0.4, -0.2) is 30.2 Å². The summed E-state index contributed by atoms with van der Waals surface area (Å²) in [5.41, 5.74) is -0.807. The van der Waals surface area contributed by atoms with E-state index in [1.54, 1.807) is 6.07 Å². The summed E-state index contributed by atoms with van der Waals surface area (Å²) in [5.74, 6) is 0.457. The van der Waals surface area contributed by atoms with Crippen molar-refractivity contribution in [1.29, 1.82) is 0 Å². The van der Waals surface area contributed by atoms with Crippen LogP contribution in [0.1, 0.15) is 18.5 Å². The predicted molar refractivity (Wildman–Crippen MR) is 61.4 cm³/mol. The summed E-state index contributed by atoms with van der Waals surface area (Å²) >= 11 is 0. The number of rotatable bonds is 1. The molecule has 98 valence electrons. The van der Waals surface area contributed by atoms with E-state index in [2.05, 4.69) is 10.3 Å². The maximum absolute atomic E-state index is 12.7. The van der Waals surface area contributed by atoms with E-state index in [4.69, 9.17) is 0 Å². The highest BCUT2D eigenvalue weighted by Crippen LogP contribution is 2.34. The van der Waals surface area contributed by atoms with Gasteiger partial charge in [-0.1, -0.05) is 6.07 Å². The van der Waals surface area contributed by atoms with Crippen molar-refractivity contribution >= 4 is 5.82 Å². The van der Waals surface area contributed by atoms with Crippen molar-refractivity contribution < 1.29 is 13.2 Å². The average Bonchev–Trinajstić information content (AvgIpc) is 2.58. The SMILES string of the molecule is FC(F)(F)c1cccc(N2[C@@H]3CC[C@H]2CNC3)n1. The monoisotopic (exact) mass is 257 g/mol. The van der Waals surface area contributed by atoms with E-state index >= 15 is 0 Å². The van der Waals surface area contributed by atoms with Gasteiger partial charge < -0.3 is 10.2 Å². The number of pyridine rings is 1. The Morgan fingerprint density at radius 3 is 2.44 bits per heavy atom. The van der Waals surface area contributed by atoms with Crippen LogP contribution in [0, 0.1) is 0 Å². The number of piperazine rings is 1. The van der Waals surface area contributed by atoms with E-state index < -0.39 is 11.9 Å². The van der Waals surface area contributed by atoms with Gasteiger partial charge in [0.25, 0.3) is 0 Å². The maximum Gasteiger partial charge on any atom is 0.433 e. The van der Waals surface area contributed by atoms with Gasteiger partial charge in [-0.2, -0.15) is 13.2 Å². The minimum Gasteiger partial charge on any atom is -0.348 e. The Bertz CT molecular complexity index is 430. The molecule has 1 N–H and O–H groups in total. The van der Waals surface area contributed by atoms with E-state index in [1.807, 2.05) is 4.90 Å². The molecule has 0 amide bonds. The fourth-order valence-corrected chi connectivity index (χ4v) is 2.88. The van der Waals surface area contributed by atoms with E-state index in [-0.39, 0.29) is 12.1 Å². The molecule has 2 aliphatic rings. The number of nitrogens with zero attached hydrogens (tertiary/aromatic N) is 2. The smallest absolute Gasteiger partial charge is 0.348 e. The number of alkyl halides is 3. The van der Waals surface area contributed by atoms with Gasteiger partial charge in [0.05, 0.1) is 0 Å². The second kappa shape index (κ2) is 4.12. The molecule has 2 aliphatic heterocycles. The van der Waals surface area contributed by atoms with Crippen molar-refractivity contribution in [3.8, 4) is 0 Å². The quantitative estimate of drug-likeness (QED) is 0.834. The second-order valence-electron chi connectivity index (χ2n) is 4.83. The zero-order valence-electron chi connectivity index (χ0n) is 9.74. The first-order chi connectivity index (χ1) is 8.55. The number of anilines is 1. The molecule has 0 aliphatic carbocycles. The van der Waals surface area contributed by atoms with Gasteiger partial charge >= 0.3 is 6.18 Å². The predicted octanol–water partition coefficient (Wildman–Crippen LogP) is 2.04. The molecule has 2 bridgehead atoms. The lowest BCUT2D eigenvalue weighted by molar-refractivity contribution is -0.141. The first-order valence-electron chi connectivity index (χ1n) is 6.09. The first-order valence-corrected chi connectivity index (χ1v) is 6.09. The summed E-state index contributed by atoms with van der Waals surface area (Å²) in [6.45, 7) is 1.66. The molecule has 0 radical (unpaired) electrons. The largest absolute Gasteiger partial charge is 0.433 e. The molecule has 1 aromatic heterocycles. The van der Waals surface area contributed by atoms with E-state index in [1.165, 1.54) is 6.07 Å². The number of aromatic nitrogens is 1. The fraction of sp³-hybridized carbons (Fsp3) is 0.583. The van der Waals surface area contributed by atoms with Crippen LogP contribution in [-0.2, 0) is 6.18 Å². The first kappa shape index (κ1) is 11.8. The molecule has 0 aromatic carbocycles. The normalized spacial score (nSPS) is 27.6. The molecule has 2 atom stereocenters. The highest BCUT2D eigenvalue weighted by atomic mass is 19.4. The van der Waals surface area contributed by atoms with Crippen LogP contribution in [0.25, 0.3) is 0 Å².